The summed E-state index contributed by atoms with van der Waals surface area (Å²) in [7, 11) is 3.70. The van der Waals surface area contributed by atoms with Gasteiger partial charge in [0.25, 0.3) is 5.91 Å². The highest BCUT2D eigenvalue weighted by molar-refractivity contribution is 7.98. The van der Waals surface area contributed by atoms with Gasteiger partial charge in [0.1, 0.15) is 0 Å². The Kier molecular flexibility index (Phi) is 6.96. The first-order valence-electron chi connectivity index (χ1n) is 7.47. The Bertz CT molecular complexity index is 628. The molecule has 0 atom stereocenters. The fourth-order valence-electron chi connectivity index (χ4n) is 2.04. The van der Waals surface area contributed by atoms with Gasteiger partial charge in [-0.3, -0.25) is 4.79 Å². The van der Waals surface area contributed by atoms with Gasteiger partial charge in [0.15, 0.2) is 0 Å². The molecule has 0 aromatic heterocycles. The Morgan fingerprint density at radius 3 is 2.39 bits per heavy atom. The van der Waals surface area contributed by atoms with Crippen LogP contribution in [0, 0.1) is 0 Å². The number of hydrogen-bond acceptors (Lipinski definition) is 3. The molecule has 0 heterocycles. The van der Waals surface area contributed by atoms with Crippen molar-refractivity contribution in [1.82, 2.24) is 10.2 Å². The van der Waals surface area contributed by atoms with Crippen molar-refractivity contribution in [1.29, 1.82) is 0 Å². The van der Waals surface area contributed by atoms with E-state index in [-0.39, 0.29) is 5.91 Å². The summed E-state index contributed by atoms with van der Waals surface area (Å²) in [5.41, 5.74) is 1.92. The van der Waals surface area contributed by atoms with Gasteiger partial charge in [0.05, 0.1) is 0 Å². The number of amides is 1. The van der Waals surface area contributed by atoms with Crippen molar-refractivity contribution < 1.29 is 4.79 Å². The number of benzene rings is 2. The topological polar surface area (TPSA) is 32.3 Å². The monoisotopic (exact) mass is 348 g/mol. The van der Waals surface area contributed by atoms with E-state index >= 15 is 0 Å². The fraction of sp³-hybridized carbons (Fsp3) is 0.278. The van der Waals surface area contributed by atoms with E-state index in [1.54, 1.807) is 16.7 Å². The molecule has 1 amide bonds. The number of nitrogens with one attached hydrogen (secondary N) is 1. The second-order valence-electron chi connectivity index (χ2n) is 5.27. The summed E-state index contributed by atoms with van der Waals surface area (Å²) in [6.45, 7) is 1.49. The molecule has 2 rings (SSSR count). The second kappa shape index (κ2) is 8.96. The number of halogens is 1. The van der Waals surface area contributed by atoms with Gasteiger partial charge in [-0.1, -0.05) is 23.7 Å². The lowest BCUT2D eigenvalue weighted by Gasteiger charge is -2.17. The highest BCUT2D eigenvalue weighted by Crippen LogP contribution is 2.24. The van der Waals surface area contributed by atoms with E-state index in [0.29, 0.717) is 6.54 Å². The van der Waals surface area contributed by atoms with Crippen molar-refractivity contribution >= 4 is 29.3 Å². The predicted octanol–water partition coefficient (Wildman–Crippen LogP) is 3.92. The lowest BCUT2D eigenvalue weighted by atomic mass is 10.1. The minimum absolute atomic E-state index is 0.0529. The van der Waals surface area contributed by atoms with Crippen molar-refractivity contribution in [3.63, 3.8) is 0 Å². The van der Waals surface area contributed by atoms with Crippen LogP contribution in [0.3, 0.4) is 0 Å². The molecule has 0 aliphatic carbocycles. The smallest absolute Gasteiger partial charge is 0.253 e. The highest BCUT2D eigenvalue weighted by atomic mass is 35.5. The van der Waals surface area contributed by atoms with E-state index in [9.17, 15) is 4.79 Å². The van der Waals surface area contributed by atoms with Crippen LogP contribution in [0.2, 0.25) is 5.02 Å². The Balaban J connectivity index is 1.91. The largest absolute Gasteiger partial charge is 0.340 e. The van der Waals surface area contributed by atoms with Crippen molar-refractivity contribution in [2.45, 2.75) is 10.6 Å². The number of nitrogens with zero attached hydrogens (tertiary/aromatic N) is 1. The van der Waals surface area contributed by atoms with Crippen molar-refractivity contribution in [2.75, 3.05) is 27.2 Å². The summed E-state index contributed by atoms with van der Waals surface area (Å²) in [5.74, 6) is 0.920. The fourth-order valence-corrected chi connectivity index (χ4v) is 3.02. The van der Waals surface area contributed by atoms with Crippen molar-refractivity contribution in [2.24, 2.45) is 0 Å². The van der Waals surface area contributed by atoms with Gasteiger partial charge in [-0.15, -0.1) is 11.8 Å². The van der Waals surface area contributed by atoms with E-state index in [1.807, 2.05) is 62.6 Å². The molecule has 0 radical (unpaired) electrons. The van der Waals surface area contributed by atoms with Crippen LogP contribution < -0.4 is 5.32 Å². The molecular formula is C18H21ClN2OS. The third kappa shape index (κ3) is 5.57. The van der Waals surface area contributed by atoms with Crippen LogP contribution in [-0.2, 0) is 5.75 Å². The van der Waals surface area contributed by atoms with Crippen LogP contribution in [-0.4, -0.2) is 38.0 Å². The molecule has 0 aliphatic heterocycles. The minimum atomic E-state index is 0.0529. The molecule has 0 fully saturated rings. The number of carbonyl (C=O) groups is 1. The Morgan fingerprint density at radius 2 is 1.78 bits per heavy atom. The Morgan fingerprint density at radius 1 is 1.13 bits per heavy atom. The molecule has 1 N–H and O–H groups in total. The first-order chi connectivity index (χ1) is 11.1. The van der Waals surface area contributed by atoms with Crippen LogP contribution in [0.25, 0.3) is 0 Å². The van der Waals surface area contributed by atoms with Crippen LogP contribution in [0.4, 0.5) is 0 Å². The van der Waals surface area contributed by atoms with Crippen molar-refractivity contribution in [3.8, 4) is 0 Å². The van der Waals surface area contributed by atoms with Gasteiger partial charge in [0, 0.05) is 41.4 Å². The summed E-state index contributed by atoms with van der Waals surface area (Å²) >= 11 is 7.64. The number of likely N-dealkylation sites (N-methyl/N-ethyl adjacent to an activating group) is 2. The third-order valence-corrected chi connectivity index (χ3v) is 4.80. The van der Waals surface area contributed by atoms with E-state index in [1.165, 1.54) is 10.5 Å². The standard InChI is InChI=1S/C18H21ClN2OS/c1-20-11-12-21(2)18(22)15-5-3-14(4-6-15)13-23-17-9-7-16(19)8-10-17/h3-10,20H,11-13H2,1-2H3. The maximum absolute atomic E-state index is 12.3. The first kappa shape index (κ1) is 17.9. The van der Waals surface area contributed by atoms with E-state index in [0.717, 1.165) is 22.9 Å². The number of rotatable bonds is 7. The summed E-state index contributed by atoms with van der Waals surface area (Å²) < 4.78 is 0. The number of carbonyl (C=O) groups excluding carboxylic acids is 1. The van der Waals surface area contributed by atoms with E-state index in [2.05, 4.69) is 5.32 Å². The lowest BCUT2D eigenvalue weighted by molar-refractivity contribution is 0.0797. The van der Waals surface area contributed by atoms with Gasteiger partial charge >= 0.3 is 0 Å². The molecule has 2 aromatic rings. The summed E-state index contributed by atoms with van der Waals surface area (Å²) in [5, 5.41) is 3.79. The highest BCUT2D eigenvalue weighted by Gasteiger charge is 2.10. The molecule has 0 bridgehead atoms. The minimum Gasteiger partial charge on any atom is -0.340 e. The molecule has 23 heavy (non-hydrogen) atoms. The number of thioether (sulfide) groups is 1. The summed E-state index contributed by atoms with van der Waals surface area (Å²) in [4.78, 5) is 15.2. The zero-order valence-electron chi connectivity index (χ0n) is 13.4. The zero-order valence-corrected chi connectivity index (χ0v) is 15.0. The molecule has 0 unspecified atom stereocenters. The second-order valence-corrected chi connectivity index (χ2v) is 6.75. The third-order valence-electron chi connectivity index (χ3n) is 3.46. The molecule has 0 saturated carbocycles. The SMILES string of the molecule is CNCCN(C)C(=O)c1ccc(CSc2ccc(Cl)cc2)cc1. The molecule has 5 heteroatoms. The van der Waals surface area contributed by atoms with Crippen LogP contribution in [0.1, 0.15) is 15.9 Å². The quantitative estimate of drug-likeness (QED) is 0.769. The molecule has 0 spiro atoms. The lowest BCUT2D eigenvalue weighted by Crippen LogP contribution is -2.32. The summed E-state index contributed by atoms with van der Waals surface area (Å²) in [6, 6.07) is 15.7. The van der Waals surface area contributed by atoms with E-state index in [4.69, 9.17) is 11.6 Å². The number of hydrogen-bond donors (Lipinski definition) is 1. The average molecular weight is 349 g/mol. The molecule has 122 valence electrons. The van der Waals surface area contributed by atoms with Gasteiger partial charge in [-0.25, -0.2) is 0 Å². The first-order valence-corrected chi connectivity index (χ1v) is 8.84. The molecule has 2 aromatic carbocycles. The Labute approximate surface area is 147 Å². The Hall–Kier alpha value is -1.49. The van der Waals surface area contributed by atoms with Gasteiger partial charge in [0.2, 0.25) is 0 Å². The van der Waals surface area contributed by atoms with Crippen LogP contribution in [0.5, 0.6) is 0 Å². The zero-order chi connectivity index (χ0) is 16.7. The van der Waals surface area contributed by atoms with Crippen LogP contribution in [0.15, 0.2) is 53.4 Å². The van der Waals surface area contributed by atoms with Gasteiger partial charge < -0.3 is 10.2 Å². The maximum atomic E-state index is 12.3. The van der Waals surface area contributed by atoms with Crippen molar-refractivity contribution in [3.05, 3.63) is 64.7 Å². The normalized spacial score (nSPS) is 10.6. The molecule has 3 nitrogen and oxygen atoms in total. The molecular weight excluding hydrogens is 328 g/mol. The van der Waals surface area contributed by atoms with Gasteiger partial charge in [-0.2, -0.15) is 0 Å². The maximum Gasteiger partial charge on any atom is 0.253 e. The molecule has 0 saturated heterocycles. The van der Waals surface area contributed by atoms with E-state index < -0.39 is 0 Å². The average Bonchev–Trinajstić information content (AvgIpc) is 2.59. The predicted molar refractivity (Wildman–Crippen MR) is 98.3 cm³/mol. The van der Waals surface area contributed by atoms with Gasteiger partial charge in [-0.05, 0) is 49.0 Å². The molecule has 0 aliphatic rings. The van der Waals surface area contributed by atoms with Crippen LogP contribution >= 0.6 is 23.4 Å². The summed E-state index contributed by atoms with van der Waals surface area (Å²) in [6.07, 6.45) is 0.